The van der Waals surface area contributed by atoms with Crippen molar-refractivity contribution in [3.63, 3.8) is 0 Å². The van der Waals surface area contributed by atoms with Crippen molar-refractivity contribution in [3.8, 4) is 0 Å². The first kappa shape index (κ1) is 13.5. The van der Waals surface area contributed by atoms with Crippen molar-refractivity contribution in [3.05, 3.63) is 0 Å². The van der Waals surface area contributed by atoms with Crippen LogP contribution in [0, 0.1) is 5.92 Å². The second kappa shape index (κ2) is 6.86. The quantitative estimate of drug-likeness (QED) is 0.433. The predicted molar refractivity (Wildman–Crippen MR) is 65.6 cm³/mol. The Hall–Kier alpha value is -0.610. The summed E-state index contributed by atoms with van der Waals surface area (Å²) in [6, 6.07) is 0.279. The third kappa shape index (κ3) is 3.76. The third-order valence-electron chi connectivity index (χ3n) is 3.75. The molecule has 4 heteroatoms. The van der Waals surface area contributed by atoms with E-state index in [-0.39, 0.29) is 17.9 Å². The Morgan fingerprint density at radius 1 is 1.12 bits per heavy atom. The van der Waals surface area contributed by atoms with Crippen molar-refractivity contribution < 1.29 is 4.79 Å². The van der Waals surface area contributed by atoms with Gasteiger partial charge in [0.25, 0.3) is 0 Å². The van der Waals surface area contributed by atoms with Crippen LogP contribution in [-0.4, -0.2) is 29.9 Å². The molecule has 4 nitrogen and oxygen atoms in total. The fraction of sp³-hybridized carbons (Fsp3) is 0.917. The zero-order valence-corrected chi connectivity index (χ0v) is 10.5. The first-order valence-corrected chi connectivity index (χ1v) is 6.41. The second-order valence-corrected chi connectivity index (χ2v) is 4.84. The van der Waals surface area contributed by atoms with Gasteiger partial charge in [0.1, 0.15) is 0 Å². The highest BCUT2D eigenvalue weighted by Gasteiger charge is 2.25. The molecule has 0 bridgehead atoms. The molecule has 94 valence electrons. The molecule has 1 saturated heterocycles. The summed E-state index contributed by atoms with van der Waals surface area (Å²) in [6.45, 7) is 6.31. The van der Waals surface area contributed by atoms with Crippen molar-refractivity contribution in [1.29, 1.82) is 0 Å². The molecule has 3 N–H and O–H groups in total. The van der Waals surface area contributed by atoms with E-state index in [2.05, 4.69) is 17.2 Å². The van der Waals surface area contributed by atoms with Crippen LogP contribution in [0.15, 0.2) is 0 Å². The number of carbonyl (C=O) groups excluding carboxylic acids is 1. The summed E-state index contributed by atoms with van der Waals surface area (Å²) >= 11 is 0. The van der Waals surface area contributed by atoms with E-state index in [0.29, 0.717) is 0 Å². The Morgan fingerprint density at radius 3 is 2.12 bits per heavy atom. The van der Waals surface area contributed by atoms with E-state index in [1.807, 2.05) is 6.92 Å². The average molecular weight is 227 g/mol. The number of hydrogen-bond donors (Lipinski definition) is 2. The molecule has 0 saturated carbocycles. The smallest absolute Gasteiger partial charge is 0.238 e. The lowest BCUT2D eigenvalue weighted by Crippen LogP contribution is -2.46. The highest BCUT2D eigenvalue weighted by atomic mass is 16.2. The second-order valence-electron chi connectivity index (χ2n) is 4.84. The summed E-state index contributed by atoms with van der Waals surface area (Å²) in [5.41, 5.74) is 2.25. The van der Waals surface area contributed by atoms with Crippen LogP contribution in [0.25, 0.3) is 0 Å². The van der Waals surface area contributed by atoms with Gasteiger partial charge in [0, 0.05) is 6.04 Å². The molecule has 0 aliphatic carbocycles. The van der Waals surface area contributed by atoms with Gasteiger partial charge in [-0.15, -0.1) is 0 Å². The number of nitrogens with zero attached hydrogens (tertiary/aromatic N) is 1. The number of nitrogens with two attached hydrogens (primary N) is 1. The van der Waals surface area contributed by atoms with Gasteiger partial charge in [-0.05, 0) is 32.9 Å². The summed E-state index contributed by atoms with van der Waals surface area (Å²) in [5, 5.41) is 0. The lowest BCUT2D eigenvalue weighted by atomic mass is 9.99. The normalized spacial score (nSPS) is 22.9. The molecule has 0 aromatic carbocycles. The zero-order valence-electron chi connectivity index (χ0n) is 10.5. The Morgan fingerprint density at radius 2 is 1.62 bits per heavy atom. The van der Waals surface area contributed by atoms with Gasteiger partial charge in [0.2, 0.25) is 5.91 Å². The fourth-order valence-electron chi connectivity index (χ4n) is 2.35. The minimum Gasteiger partial charge on any atom is -0.300 e. The summed E-state index contributed by atoms with van der Waals surface area (Å²) in [6.07, 6.45) is 6.51. The summed E-state index contributed by atoms with van der Waals surface area (Å²) < 4.78 is 0. The first-order valence-electron chi connectivity index (χ1n) is 6.41. The van der Waals surface area contributed by atoms with Gasteiger partial charge >= 0.3 is 0 Å². The molecular weight excluding hydrogens is 202 g/mol. The van der Waals surface area contributed by atoms with Crippen LogP contribution in [0.1, 0.15) is 46.0 Å². The highest BCUT2D eigenvalue weighted by molar-refractivity contribution is 5.78. The van der Waals surface area contributed by atoms with E-state index >= 15 is 0 Å². The number of hydrogen-bond acceptors (Lipinski definition) is 3. The van der Waals surface area contributed by atoms with E-state index < -0.39 is 0 Å². The molecule has 2 unspecified atom stereocenters. The van der Waals surface area contributed by atoms with Crippen LogP contribution in [-0.2, 0) is 4.79 Å². The van der Waals surface area contributed by atoms with Gasteiger partial charge in [-0.1, -0.05) is 26.2 Å². The standard InChI is InChI=1S/C12H25N3O/c1-10(12(16)14-13)11(2)15-8-6-4-3-5-7-9-15/h10-11H,3-9,13H2,1-2H3,(H,14,16). The minimum absolute atomic E-state index is 0.0376. The molecule has 1 heterocycles. The van der Waals surface area contributed by atoms with Crippen LogP contribution in [0.4, 0.5) is 0 Å². The molecule has 1 amide bonds. The van der Waals surface area contributed by atoms with Crippen molar-refractivity contribution >= 4 is 5.91 Å². The third-order valence-corrected chi connectivity index (χ3v) is 3.75. The van der Waals surface area contributed by atoms with Crippen molar-refractivity contribution in [1.82, 2.24) is 10.3 Å². The van der Waals surface area contributed by atoms with Crippen LogP contribution in [0.5, 0.6) is 0 Å². The number of carbonyl (C=O) groups is 1. The van der Waals surface area contributed by atoms with Gasteiger partial charge in [-0.25, -0.2) is 5.84 Å². The molecule has 0 aromatic heterocycles. The molecule has 1 rings (SSSR count). The van der Waals surface area contributed by atoms with Gasteiger partial charge < -0.3 is 0 Å². The highest BCUT2D eigenvalue weighted by Crippen LogP contribution is 2.17. The lowest BCUT2D eigenvalue weighted by molar-refractivity contribution is -0.126. The summed E-state index contributed by atoms with van der Waals surface area (Å²) in [7, 11) is 0. The molecule has 0 spiro atoms. The van der Waals surface area contributed by atoms with Gasteiger partial charge in [-0.3, -0.25) is 15.1 Å². The van der Waals surface area contributed by atoms with Gasteiger partial charge in [0.05, 0.1) is 5.92 Å². The largest absolute Gasteiger partial charge is 0.300 e. The predicted octanol–water partition coefficient (Wildman–Crippen LogP) is 1.27. The molecule has 1 aliphatic rings. The maximum atomic E-state index is 11.5. The van der Waals surface area contributed by atoms with Crippen LogP contribution < -0.4 is 11.3 Å². The Bertz CT molecular complexity index is 212. The number of nitrogens with one attached hydrogen (secondary N) is 1. The minimum atomic E-state index is -0.0606. The first-order chi connectivity index (χ1) is 7.66. The molecule has 1 fully saturated rings. The molecular formula is C12H25N3O. The van der Waals surface area contributed by atoms with Crippen LogP contribution >= 0.6 is 0 Å². The van der Waals surface area contributed by atoms with E-state index in [0.717, 1.165) is 13.1 Å². The van der Waals surface area contributed by atoms with Crippen molar-refractivity contribution in [2.24, 2.45) is 11.8 Å². The molecule has 2 atom stereocenters. The topological polar surface area (TPSA) is 58.4 Å². The zero-order chi connectivity index (χ0) is 12.0. The number of likely N-dealkylation sites (tertiary alicyclic amines) is 1. The van der Waals surface area contributed by atoms with Crippen LogP contribution in [0.3, 0.4) is 0 Å². The molecule has 0 aromatic rings. The molecule has 1 aliphatic heterocycles. The van der Waals surface area contributed by atoms with Gasteiger partial charge in [0.15, 0.2) is 0 Å². The fourth-order valence-corrected chi connectivity index (χ4v) is 2.35. The number of hydrazine groups is 1. The lowest BCUT2D eigenvalue weighted by Gasteiger charge is -2.33. The van der Waals surface area contributed by atoms with Crippen molar-refractivity contribution in [2.75, 3.05) is 13.1 Å². The van der Waals surface area contributed by atoms with Gasteiger partial charge in [-0.2, -0.15) is 0 Å². The number of amides is 1. The molecule has 16 heavy (non-hydrogen) atoms. The van der Waals surface area contributed by atoms with E-state index in [1.165, 1.54) is 32.1 Å². The van der Waals surface area contributed by atoms with E-state index in [1.54, 1.807) is 0 Å². The van der Waals surface area contributed by atoms with Crippen molar-refractivity contribution in [2.45, 2.75) is 52.0 Å². The maximum Gasteiger partial charge on any atom is 0.238 e. The maximum absolute atomic E-state index is 11.5. The number of rotatable bonds is 3. The monoisotopic (exact) mass is 227 g/mol. The Labute approximate surface area is 98.5 Å². The molecule has 0 radical (unpaired) electrons. The van der Waals surface area contributed by atoms with E-state index in [4.69, 9.17) is 5.84 Å². The summed E-state index contributed by atoms with van der Waals surface area (Å²) in [5.74, 6) is 5.08. The SMILES string of the molecule is CC(C(=O)NN)C(C)N1CCCCCCC1. The Kier molecular flexibility index (Phi) is 5.77. The summed E-state index contributed by atoms with van der Waals surface area (Å²) in [4.78, 5) is 13.9. The van der Waals surface area contributed by atoms with E-state index in [9.17, 15) is 4.79 Å². The average Bonchev–Trinajstić information content (AvgIpc) is 2.26. The Balaban J connectivity index is 2.49. The van der Waals surface area contributed by atoms with Crippen LogP contribution in [0.2, 0.25) is 0 Å².